The molecule has 5 rings (SSSR count). The van der Waals surface area contributed by atoms with Crippen molar-refractivity contribution in [3.63, 3.8) is 0 Å². The first-order valence-corrected chi connectivity index (χ1v) is 11.3. The van der Waals surface area contributed by atoms with Gasteiger partial charge in [-0.3, -0.25) is 14.4 Å². The van der Waals surface area contributed by atoms with Crippen molar-refractivity contribution in [3.05, 3.63) is 69.9 Å². The zero-order valence-corrected chi connectivity index (χ0v) is 18.1. The van der Waals surface area contributed by atoms with Crippen LogP contribution in [-0.2, 0) is 25.7 Å². The normalized spacial score (nSPS) is 17.8. The molecule has 1 aromatic carbocycles. The van der Waals surface area contributed by atoms with Gasteiger partial charge < -0.3 is 4.52 Å². The lowest BCUT2D eigenvalue weighted by Crippen LogP contribution is -2.19. The fraction of sp³-hybridized carbons (Fsp3) is 0.400. The molecule has 3 aromatic rings. The molecule has 1 unspecified atom stereocenters. The molecule has 0 bridgehead atoms. The van der Waals surface area contributed by atoms with E-state index in [4.69, 9.17) is 4.52 Å². The summed E-state index contributed by atoms with van der Waals surface area (Å²) in [6.45, 7) is 1.79. The van der Waals surface area contributed by atoms with E-state index in [-0.39, 0.29) is 23.4 Å². The van der Waals surface area contributed by atoms with Crippen LogP contribution in [0.4, 0.5) is 0 Å². The van der Waals surface area contributed by atoms with Crippen molar-refractivity contribution < 1.29 is 18.9 Å². The number of Topliss-reactive ketones (excluding diaryl/α,β-unsaturated/α-hetero) is 2. The van der Waals surface area contributed by atoms with E-state index in [9.17, 15) is 14.4 Å². The minimum Gasteiger partial charge on any atom is -0.360 e. The highest BCUT2D eigenvalue weighted by atomic mass is 16.5. The highest BCUT2D eigenvalue weighted by molar-refractivity contribution is 6.01. The van der Waals surface area contributed by atoms with Crippen molar-refractivity contribution in [1.29, 1.82) is 0 Å². The lowest BCUT2D eigenvalue weighted by atomic mass is 9.81. The third kappa shape index (κ3) is 3.51. The molecule has 7 nitrogen and oxygen atoms in total. The van der Waals surface area contributed by atoms with Crippen LogP contribution in [0.3, 0.4) is 0 Å². The summed E-state index contributed by atoms with van der Waals surface area (Å²) in [5, 5.41) is 8.70. The van der Waals surface area contributed by atoms with Crippen LogP contribution in [0.1, 0.15) is 92.4 Å². The third-order valence-corrected chi connectivity index (χ3v) is 6.53. The van der Waals surface area contributed by atoms with Crippen molar-refractivity contribution in [2.75, 3.05) is 0 Å². The Morgan fingerprint density at radius 1 is 1.03 bits per heavy atom. The van der Waals surface area contributed by atoms with Crippen LogP contribution >= 0.6 is 0 Å². The standard InChI is InChI=1S/C25H25N3O4/c1-2-23(31)28-19-9-6-10-20(29)24(19)17(26-28)11-12-18-25-21(30)13-16(14-22(25)32-27-18)15-7-4-3-5-8-15/h3-5,7-8,16H,2,6,9-14H2,1H3. The predicted octanol–water partition coefficient (Wildman–Crippen LogP) is 4.14. The maximum absolute atomic E-state index is 13.0. The molecule has 0 amide bonds. The maximum atomic E-state index is 13.0. The van der Waals surface area contributed by atoms with Gasteiger partial charge in [-0.15, -0.1) is 0 Å². The molecule has 32 heavy (non-hydrogen) atoms. The van der Waals surface area contributed by atoms with Gasteiger partial charge in [-0.2, -0.15) is 5.10 Å². The minimum absolute atomic E-state index is 0.0420. The van der Waals surface area contributed by atoms with Gasteiger partial charge in [0.05, 0.1) is 28.2 Å². The average molecular weight is 431 g/mol. The summed E-state index contributed by atoms with van der Waals surface area (Å²) in [6, 6.07) is 9.99. The Labute approximate surface area is 185 Å². The minimum atomic E-state index is -0.108. The molecule has 0 saturated heterocycles. The van der Waals surface area contributed by atoms with Gasteiger partial charge >= 0.3 is 0 Å². The monoisotopic (exact) mass is 431 g/mol. The largest absolute Gasteiger partial charge is 0.360 e. The molecule has 2 aliphatic rings. The molecular formula is C25H25N3O4. The van der Waals surface area contributed by atoms with Gasteiger partial charge in [0.2, 0.25) is 5.91 Å². The van der Waals surface area contributed by atoms with Gasteiger partial charge in [0, 0.05) is 25.7 Å². The molecule has 1 atom stereocenters. The van der Waals surface area contributed by atoms with Gasteiger partial charge in [0.15, 0.2) is 11.6 Å². The zero-order valence-electron chi connectivity index (χ0n) is 18.1. The summed E-state index contributed by atoms with van der Waals surface area (Å²) in [6.07, 6.45) is 4.18. The van der Waals surface area contributed by atoms with Gasteiger partial charge in [-0.05, 0) is 37.2 Å². The van der Waals surface area contributed by atoms with E-state index in [0.717, 1.165) is 17.7 Å². The summed E-state index contributed by atoms with van der Waals surface area (Å²) in [7, 11) is 0. The van der Waals surface area contributed by atoms with Crippen LogP contribution in [0.2, 0.25) is 0 Å². The fourth-order valence-corrected chi connectivity index (χ4v) is 4.94. The zero-order chi connectivity index (χ0) is 22.2. The molecule has 2 aliphatic carbocycles. The smallest absolute Gasteiger partial charge is 0.246 e. The Bertz CT molecular complexity index is 1210. The maximum Gasteiger partial charge on any atom is 0.246 e. The number of aryl methyl sites for hydroxylation is 2. The van der Waals surface area contributed by atoms with E-state index in [0.29, 0.717) is 73.2 Å². The number of nitrogens with zero attached hydrogens (tertiary/aromatic N) is 3. The van der Waals surface area contributed by atoms with Crippen molar-refractivity contribution >= 4 is 17.5 Å². The van der Waals surface area contributed by atoms with Gasteiger partial charge in [0.1, 0.15) is 5.76 Å². The summed E-state index contributed by atoms with van der Waals surface area (Å²) >= 11 is 0. The first kappa shape index (κ1) is 20.5. The van der Waals surface area contributed by atoms with Crippen LogP contribution in [-0.4, -0.2) is 32.4 Å². The number of rotatable bonds is 5. The topological polar surface area (TPSA) is 95.1 Å². The second kappa shape index (κ2) is 8.30. The summed E-state index contributed by atoms with van der Waals surface area (Å²) in [5.41, 5.74) is 4.26. The first-order chi connectivity index (χ1) is 15.6. The summed E-state index contributed by atoms with van der Waals surface area (Å²) < 4.78 is 6.99. The fourth-order valence-electron chi connectivity index (χ4n) is 4.94. The summed E-state index contributed by atoms with van der Waals surface area (Å²) in [5.74, 6) is 0.706. The van der Waals surface area contributed by atoms with E-state index < -0.39 is 0 Å². The molecule has 0 fully saturated rings. The Kier molecular flexibility index (Phi) is 5.33. The highest BCUT2D eigenvalue weighted by Crippen LogP contribution is 2.35. The Morgan fingerprint density at radius 3 is 2.59 bits per heavy atom. The lowest BCUT2D eigenvalue weighted by molar-refractivity contribution is 0.0887. The van der Waals surface area contributed by atoms with Gasteiger partial charge in [0.25, 0.3) is 0 Å². The number of benzene rings is 1. The second-order valence-electron chi connectivity index (χ2n) is 8.57. The molecule has 0 radical (unpaired) electrons. The van der Waals surface area contributed by atoms with E-state index in [1.54, 1.807) is 6.92 Å². The van der Waals surface area contributed by atoms with Gasteiger partial charge in [-0.25, -0.2) is 4.68 Å². The van der Waals surface area contributed by atoms with Crippen LogP contribution < -0.4 is 0 Å². The Morgan fingerprint density at radius 2 is 1.81 bits per heavy atom. The van der Waals surface area contributed by atoms with Crippen LogP contribution in [0.15, 0.2) is 34.9 Å². The number of ketones is 2. The number of hydrogen-bond acceptors (Lipinski definition) is 6. The second-order valence-corrected chi connectivity index (χ2v) is 8.57. The molecule has 0 spiro atoms. The van der Waals surface area contributed by atoms with Crippen LogP contribution in [0, 0.1) is 0 Å². The van der Waals surface area contributed by atoms with E-state index >= 15 is 0 Å². The van der Waals surface area contributed by atoms with Crippen molar-refractivity contribution in [2.24, 2.45) is 0 Å². The van der Waals surface area contributed by atoms with Crippen molar-refractivity contribution in [2.45, 2.75) is 64.2 Å². The van der Waals surface area contributed by atoms with Crippen LogP contribution in [0.5, 0.6) is 0 Å². The molecule has 2 heterocycles. The number of fused-ring (bicyclic) bond motifs is 2. The third-order valence-electron chi connectivity index (χ3n) is 6.53. The van der Waals surface area contributed by atoms with E-state index in [1.807, 2.05) is 30.3 Å². The van der Waals surface area contributed by atoms with E-state index in [2.05, 4.69) is 10.3 Å². The molecular weight excluding hydrogens is 406 g/mol. The van der Waals surface area contributed by atoms with Crippen LogP contribution in [0.25, 0.3) is 0 Å². The Hall–Kier alpha value is -3.35. The molecule has 2 aromatic heterocycles. The quantitative estimate of drug-likeness (QED) is 0.603. The molecule has 0 saturated carbocycles. The Balaban J connectivity index is 1.39. The molecule has 0 N–H and O–H groups in total. The van der Waals surface area contributed by atoms with Gasteiger partial charge in [-0.1, -0.05) is 42.4 Å². The van der Waals surface area contributed by atoms with E-state index in [1.165, 1.54) is 4.68 Å². The highest BCUT2D eigenvalue weighted by Gasteiger charge is 2.33. The SMILES string of the molecule is CCC(=O)n1nc(CCc2noc3c2C(=O)CC(c2ccccc2)C3)c2c1CCCC2=O. The lowest BCUT2D eigenvalue weighted by Gasteiger charge is -2.20. The number of carbonyl (C=O) groups excluding carboxylic acids is 3. The van der Waals surface area contributed by atoms with Crippen molar-refractivity contribution in [3.8, 4) is 0 Å². The molecule has 164 valence electrons. The number of aromatic nitrogens is 3. The number of carbonyl (C=O) groups is 3. The molecule has 0 aliphatic heterocycles. The molecule has 7 heteroatoms. The number of hydrogen-bond donors (Lipinski definition) is 0. The average Bonchev–Trinajstić information content (AvgIpc) is 3.40. The summed E-state index contributed by atoms with van der Waals surface area (Å²) in [4.78, 5) is 37.9. The first-order valence-electron chi connectivity index (χ1n) is 11.3. The predicted molar refractivity (Wildman–Crippen MR) is 116 cm³/mol. The van der Waals surface area contributed by atoms with Crippen molar-refractivity contribution in [1.82, 2.24) is 14.9 Å².